The van der Waals surface area contributed by atoms with Crippen LogP contribution < -0.4 is 5.56 Å². The van der Waals surface area contributed by atoms with E-state index in [1.165, 1.54) is 19.3 Å². The van der Waals surface area contributed by atoms with Gasteiger partial charge in [0.05, 0.1) is 10.7 Å². The van der Waals surface area contributed by atoms with Crippen LogP contribution in [0.25, 0.3) is 11.3 Å². The lowest BCUT2D eigenvalue weighted by molar-refractivity contribution is 0.665. The molecule has 2 aromatic heterocycles. The van der Waals surface area contributed by atoms with Crippen molar-refractivity contribution >= 4 is 11.3 Å². The number of hydrogen-bond acceptors (Lipinski definition) is 4. The standard InChI is InChI=1S/C16H19N3OS/c1-3-4-5-6-7-15-19-14(10-21-15)13-8-12(9-17)16(20)18-11(13)2/h8,10H,3-7H2,1-2H3,(H,18,20). The Hall–Kier alpha value is -1.93. The molecule has 4 nitrogen and oxygen atoms in total. The van der Waals surface area contributed by atoms with Crippen LogP contribution in [0, 0.1) is 18.3 Å². The fourth-order valence-corrected chi connectivity index (χ4v) is 3.07. The Morgan fingerprint density at radius 1 is 1.38 bits per heavy atom. The topological polar surface area (TPSA) is 69.5 Å². The lowest BCUT2D eigenvalue weighted by atomic mass is 10.1. The minimum atomic E-state index is -0.339. The second-order valence-electron chi connectivity index (χ2n) is 5.10. The summed E-state index contributed by atoms with van der Waals surface area (Å²) in [6.07, 6.45) is 5.90. The number of pyridine rings is 1. The molecule has 0 bridgehead atoms. The molecule has 1 N–H and O–H groups in total. The number of rotatable bonds is 6. The highest BCUT2D eigenvalue weighted by atomic mass is 32.1. The zero-order chi connectivity index (χ0) is 15.2. The summed E-state index contributed by atoms with van der Waals surface area (Å²) in [5, 5.41) is 12.1. The molecule has 0 aliphatic carbocycles. The Morgan fingerprint density at radius 2 is 2.19 bits per heavy atom. The summed E-state index contributed by atoms with van der Waals surface area (Å²) in [5.41, 5.74) is 2.22. The first-order valence-electron chi connectivity index (χ1n) is 7.24. The highest BCUT2D eigenvalue weighted by Crippen LogP contribution is 2.25. The quantitative estimate of drug-likeness (QED) is 0.825. The van der Waals surface area contributed by atoms with Gasteiger partial charge in [0.15, 0.2) is 0 Å². The molecule has 2 aromatic rings. The van der Waals surface area contributed by atoms with Gasteiger partial charge in [-0.15, -0.1) is 11.3 Å². The maximum atomic E-state index is 11.6. The largest absolute Gasteiger partial charge is 0.325 e. The van der Waals surface area contributed by atoms with Crippen molar-refractivity contribution in [3.8, 4) is 17.3 Å². The molecule has 0 aromatic carbocycles. The zero-order valence-corrected chi connectivity index (χ0v) is 13.2. The molecule has 110 valence electrons. The van der Waals surface area contributed by atoms with E-state index in [9.17, 15) is 4.79 Å². The molecule has 5 heteroatoms. The zero-order valence-electron chi connectivity index (χ0n) is 12.4. The maximum absolute atomic E-state index is 11.6. The minimum Gasteiger partial charge on any atom is -0.325 e. The van der Waals surface area contributed by atoms with Crippen LogP contribution in [0.4, 0.5) is 0 Å². The number of aryl methyl sites for hydroxylation is 2. The number of hydrogen-bond donors (Lipinski definition) is 1. The summed E-state index contributed by atoms with van der Waals surface area (Å²) in [6, 6.07) is 3.55. The number of aromatic nitrogens is 2. The molecule has 0 saturated heterocycles. The molecule has 0 aliphatic heterocycles. The second-order valence-corrected chi connectivity index (χ2v) is 6.04. The SMILES string of the molecule is CCCCCCc1nc(-c2cc(C#N)c(=O)[nH]c2C)cs1. The van der Waals surface area contributed by atoms with Gasteiger partial charge in [-0.05, 0) is 25.8 Å². The van der Waals surface area contributed by atoms with E-state index in [4.69, 9.17) is 5.26 Å². The van der Waals surface area contributed by atoms with E-state index in [0.29, 0.717) is 0 Å². The van der Waals surface area contributed by atoms with Gasteiger partial charge in [-0.25, -0.2) is 4.98 Å². The number of nitrogens with zero attached hydrogens (tertiary/aromatic N) is 2. The van der Waals surface area contributed by atoms with E-state index in [1.54, 1.807) is 17.4 Å². The van der Waals surface area contributed by atoms with Crippen molar-refractivity contribution in [2.75, 3.05) is 0 Å². The third kappa shape index (κ3) is 3.79. The third-order valence-corrected chi connectivity index (χ3v) is 4.34. The van der Waals surface area contributed by atoms with Gasteiger partial charge in [0.2, 0.25) is 0 Å². The van der Waals surface area contributed by atoms with Crippen molar-refractivity contribution in [1.82, 2.24) is 9.97 Å². The maximum Gasteiger partial charge on any atom is 0.266 e. The average molecular weight is 301 g/mol. The van der Waals surface area contributed by atoms with Crippen LogP contribution in [0.1, 0.15) is 48.9 Å². The Labute approximate surface area is 128 Å². The summed E-state index contributed by atoms with van der Waals surface area (Å²) >= 11 is 1.64. The number of thiazole rings is 1. The summed E-state index contributed by atoms with van der Waals surface area (Å²) in [5.74, 6) is 0. The van der Waals surface area contributed by atoms with E-state index in [2.05, 4.69) is 16.9 Å². The molecule has 0 fully saturated rings. The highest BCUT2D eigenvalue weighted by Gasteiger charge is 2.11. The third-order valence-electron chi connectivity index (χ3n) is 3.43. The van der Waals surface area contributed by atoms with Crippen molar-refractivity contribution < 1.29 is 0 Å². The van der Waals surface area contributed by atoms with Crippen molar-refractivity contribution in [2.24, 2.45) is 0 Å². The Bertz CT molecular complexity index is 709. The molecule has 0 unspecified atom stereocenters. The van der Waals surface area contributed by atoms with Gasteiger partial charge in [-0.2, -0.15) is 5.26 Å². The number of nitrogens with one attached hydrogen (secondary N) is 1. The van der Waals surface area contributed by atoms with Crippen LogP contribution in [0.15, 0.2) is 16.2 Å². The highest BCUT2D eigenvalue weighted by molar-refractivity contribution is 7.09. The Balaban J connectivity index is 2.18. The number of aromatic amines is 1. The number of unbranched alkanes of at least 4 members (excludes halogenated alkanes) is 3. The van der Waals surface area contributed by atoms with Gasteiger partial charge in [0.1, 0.15) is 11.6 Å². The first-order chi connectivity index (χ1) is 10.2. The molecule has 0 aliphatic rings. The van der Waals surface area contributed by atoms with Crippen LogP contribution >= 0.6 is 11.3 Å². The summed E-state index contributed by atoms with van der Waals surface area (Å²) < 4.78 is 0. The van der Waals surface area contributed by atoms with E-state index >= 15 is 0 Å². The lowest BCUT2D eigenvalue weighted by Gasteiger charge is -2.02. The molecule has 2 heterocycles. The first-order valence-corrected chi connectivity index (χ1v) is 8.12. The Morgan fingerprint density at radius 3 is 2.90 bits per heavy atom. The molecule has 21 heavy (non-hydrogen) atoms. The minimum absolute atomic E-state index is 0.132. The van der Waals surface area contributed by atoms with Crippen LogP contribution in [0.3, 0.4) is 0 Å². The number of H-pyrrole nitrogens is 1. The predicted molar refractivity (Wildman–Crippen MR) is 85.5 cm³/mol. The molecule has 2 rings (SSSR count). The molecule has 0 saturated carbocycles. The van der Waals surface area contributed by atoms with E-state index in [1.807, 2.05) is 18.4 Å². The van der Waals surface area contributed by atoms with Crippen molar-refractivity contribution in [3.63, 3.8) is 0 Å². The molecule has 0 atom stereocenters. The van der Waals surface area contributed by atoms with Crippen molar-refractivity contribution in [2.45, 2.75) is 46.0 Å². The van der Waals surface area contributed by atoms with Gasteiger partial charge in [-0.1, -0.05) is 26.2 Å². The fourth-order valence-electron chi connectivity index (χ4n) is 2.22. The molecular weight excluding hydrogens is 282 g/mol. The molecule has 0 radical (unpaired) electrons. The van der Waals surface area contributed by atoms with Gasteiger partial charge in [-0.3, -0.25) is 4.79 Å². The van der Waals surface area contributed by atoms with E-state index in [0.717, 1.165) is 34.8 Å². The monoisotopic (exact) mass is 301 g/mol. The van der Waals surface area contributed by atoms with Gasteiger partial charge in [0.25, 0.3) is 5.56 Å². The van der Waals surface area contributed by atoms with Gasteiger partial charge in [0, 0.05) is 16.6 Å². The molecular formula is C16H19N3OS. The average Bonchev–Trinajstić information content (AvgIpc) is 2.92. The van der Waals surface area contributed by atoms with E-state index < -0.39 is 0 Å². The molecule has 0 spiro atoms. The Kier molecular flexibility index (Phi) is 5.29. The van der Waals surface area contributed by atoms with Crippen LogP contribution in [0.2, 0.25) is 0 Å². The van der Waals surface area contributed by atoms with E-state index in [-0.39, 0.29) is 11.1 Å². The van der Waals surface area contributed by atoms with Crippen LogP contribution in [0.5, 0.6) is 0 Å². The second kappa shape index (κ2) is 7.19. The van der Waals surface area contributed by atoms with Gasteiger partial charge >= 0.3 is 0 Å². The molecule has 0 amide bonds. The first kappa shape index (κ1) is 15.5. The number of nitriles is 1. The fraction of sp³-hybridized carbons (Fsp3) is 0.438. The summed E-state index contributed by atoms with van der Waals surface area (Å²) in [6.45, 7) is 4.03. The summed E-state index contributed by atoms with van der Waals surface area (Å²) in [7, 11) is 0. The van der Waals surface area contributed by atoms with Crippen molar-refractivity contribution in [1.29, 1.82) is 5.26 Å². The van der Waals surface area contributed by atoms with Crippen LogP contribution in [-0.2, 0) is 6.42 Å². The summed E-state index contributed by atoms with van der Waals surface area (Å²) in [4.78, 5) is 18.9. The smallest absolute Gasteiger partial charge is 0.266 e. The van der Waals surface area contributed by atoms with Gasteiger partial charge < -0.3 is 4.98 Å². The van der Waals surface area contributed by atoms with Crippen LogP contribution in [-0.4, -0.2) is 9.97 Å². The normalized spacial score (nSPS) is 10.5. The lowest BCUT2D eigenvalue weighted by Crippen LogP contribution is -2.12. The van der Waals surface area contributed by atoms with Crippen molar-refractivity contribution in [3.05, 3.63) is 38.1 Å². The predicted octanol–water partition coefficient (Wildman–Crippen LogP) is 3.80.